The molecule has 21 heavy (non-hydrogen) atoms. The van der Waals surface area contributed by atoms with Crippen molar-refractivity contribution in [3.8, 4) is 6.07 Å². The van der Waals surface area contributed by atoms with Crippen LogP contribution in [-0.4, -0.2) is 4.98 Å². The van der Waals surface area contributed by atoms with Gasteiger partial charge in [0, 0.05) is 16.6 Å². The number of aromatic amines is 1. The van der Waals surface area contributed by atoms with Crippen molar-refractivity contribution in [2.45, 2.75) is 24.7 Å². The molecule has 1 heterocycles. The first-order chi connectivity index (χ1) is 10.3. The fraction of sp³-hybridized carbons (Fsp3) is 0.211. The van der Waals surface area contributed by atoms with E-state index >= 15 is 0 Å². The number of nitrogens with zero attached hydrogens (tertiary/aromatic N) is 1. The van der Waals surface area contributed by atoms with E-state index in [0.29, 0.717) is 0 Å². The zero-order valence-corrected chi connectivity index (χ0v) is 11.8. The Bertz CT molecular complexity index is 839. The smallest absolute Gasteiger partial charge is 0.0867 e. The second-order valence-electron chi connectivity index (χ2n) is 5.86. The minimum absolute atomic E-state index is 0.390. The van der Waals surface area contributed by atoms with E-state index in [1.165, 1.54) is 22.2 Å². The Morgan fingerprint density at radius 1 is 1.00 bits per heavy atom. The third-order valence-corrected chi connectivity index (χ3v) is 4.72. The summed E-state index contributed by atoms with van der Waals surface area (Å²) in [5.74, 6) is 0. The zero-order chi connectivity index (χ0) is 14.3. The Labute approximate surface area is 124 Å². The number of H-pyrrole nitrogens is 1. The van der Waals surface area contributed by atoms with Gasteiger partial charge in [0.1, 0.15) is 0 Å². The summed E-state index contributed by atoms with van der Waals surface area (Å²) in [5, 5.41) is 11.1. The van der Waals surface area contributed by atoms with Gasteiger partial charge in [-0.25, -0.2) is 0 Å². The highest BCUT2D eigenvalue weighted by Crippen LogP contribution is 2.40. The van der Waals surface area contributed by atoms with E-state index in [0.717, 1.165) is 24.8 Å². The maximum atomic E-state index is 9.87. The lowest BCUT2D eigenvalue weighted by Gasteiger charge is -2.31. The number of rotatable bonds is 1. The number of hydrogen-bond acceptors (Lipinski definition) is 1. The molecule has 1 aliphatic carbocycles. The number of hydrogen-bond donors (Lipinski definition) is 1. The summed E-state index contributed by atoms with van der Waals surface area (Å²) in [4.78, 5) is 3.52. The van der Waals surface area contributed by atoms with Crippen molar-refractivity contribution in [3.05, 3.63) is 71.4 Å². The molecule has 0 amide bonds. The van der Waals surface area contributed by atoms with E-state index in [9.17, 15) is 5.26 Å². The molecule has 2 heteroatoms. The molecule has 2 aromatic carbocycles. The number of fused-ring (bicyclic) bond motifs is 3. The molecule has 0 spiro atoms. The van der Waals surface area contributed by atoms with Crippen molar-refractivity contribution in [3.63, 3.8) is 0 Å². The third kappa shape index (κ3) is 1.78. The molecule has 102 valence electrons. The van der Waals surface area contributed by atoms with Crippen LogP contribution in [0.5, 0.6) is 0 Å². The molecule has 0 aliphatic heterocycles. The van der Waals surface area contributed by atoms with Gasteiger partial charge in [-0.15, -0.1) is 0 Å². The van der Waals surface area contributed by atoms with Crippen LogP contribution in [0, 0.1) is 11.3 Å². The lowest BCUT2D eigenvalue weighted by atomic mass is 9.69. The van der Waals surface area contributed by atoms with Gasteiger partial charge in [0.2, 0.25) is 0 Å². The number of benzene rings is 2. The summed E-state index contributed by atoms with van der Waals surface area (Å²) in [6.07, 6.45) is 2.62. The molecule has 0 bridgehead atoms. The molecule has 0 unspecified atom stereocenters. The molecule has 4 rings (SSSR count). The highest BCUT2D eigenvalue weighted by molar-refractivity contribution is 5.85. The van der Waals surface area contributed by atoms with E-state index in [2.05, 4.69) is 47.5 Å². The topological polar surface area (TPSA) is 39.6 Å². The minimum Gasteiger partial charge on any atom is -0.358 e. The fourth-order valence-electron chi connectivity index (χ4n) is 3.56. The summed E-state index contributed by atoms with van der Waals surface area (Å²) >= 11 is 0. The van der Waals surface area contributed by atoms with Gasteiger partial charge < -0.3 is 4.98 Å². The first-order valence-electron chi connectivity index (χ1n) is 7.38. The summed E-state index contributed by atoms with van der Waals surface area (Å²) in [7, 11) is 0. The Morgan fingerprint density at radius 3 is 2.57 bits per heavy atom. The second kappa shape index (κ2) is 4.49. The minimum atomic E-state index is -0.390. The molecule has 1 N–H and O–H groups in total. The Hall–Kier alpha value is -2.53. The van der Waals surface area contributed by atoms with E-state index < -0.39 is 0 Å². The van der Waals surface area contributed by atoms with E-state index in [-0.39, 0.29) is 5.41 Å². The van der Waals surface area contributed by atoms with E-state index in [4.69, 9.17) is 0 Å². The molecule has 0 fully saturated rings. The summed E-state index contributed by atoms with van der Waals surface area (Å²) < 4.78 is 0. The van der Waals surface area contributed by atoms with Crippen molar-refractivity contribution in [2.24, 2.45) is 0 Å². The number of nitrogens with one attached hydrogen (secondary N) is 1. The largest absolute Gasteiger partial charge is 0.358 e. The van der Waals surface area contributed by atoms with Crippen LogP contribution in [0.1, 0.15) is 23.2 Å². The summed E-state index contributed by atoms with van der Waals surface area (Å²) in [6.45, 7) is 0. The first kappa shape index (κ1) is 12.2. The standard InChI is InChI=1S/C19H16N2/c20-13-19(14-6-2-1-3-7-14)11-10-18-16(12-19)15-8-4-5-9-17(15)21-18/h1-9,21H,10-12H2/t19-/m0/s1. The van der Waals surface area contributed by atoms with Crippen LogP contribution >= 0.6 is 0 Å². The van der Waals surface area contributed by atoms with Crippen LogP contribution < -0.4 is 0 Å². The van der Waals surface area contributed by atoms with E-state index in [1.54, 1.807) is 0 Å². The predicted molar refractivity (Wildman–Crippen MR) is 84.1 cm³/mol. The van der Waals surface area contributed by atoms with E-state index in [1.807, 2.05) is 18.2 Å². The normalized spacial score (nSPS) is 20.9. The SMILES string of the molecule is N#C[C@]1(c2ccccc2)CCc2[nH]c3ccccc3c2C1. The average molecular weight is 272 g/mol. The molecule has 2 nitrogen and oxygen atoms in total. The van der Waals surface area contributed by atoms with Gasteiger partial charge >= 0.3 is 0 Å². The second-order valence-corrected chi connectivity index (χ2v) is 5.86. The van der Waals surface area contributed by atoms with Crippen molar-refractivity contribution in [1.82, 2.24) is 4.98 Å². The molecule has 1 aromatic heterocycles. The maximum absolute atomic E-state index is 9.87. The summed E-state index contributed by atoms with van der Waals surface area (Å²) in [6, 6.07) is 21.2. The lowest BCUT2D eigenvalue weighted by Crippen LogP contribution is -2.31. The molecule has 1 aliphatic rings. The van der Waals surface area contributed by atoms with Crippen molar-refractivity contribution >= 4 is 10.9 Å². The van der Waals surface area contributed by atoms with Crippen LogP contribution in [0.15, 0.2) is 54.6 Å². The van der Waals surface area contributed by atoms with Crippen molar-refractivity contribution in [1.29, 1.82) is 5.26 Å². The highest BCUT2D eigenvalue weighted by Gasteiger charge is 2.37. The van der Waals surface area contributed by atoms with Gasteiger partial charge in [0.25, 0.3) is 0 Å². The number of para-hydroxylation sites is 1. The molecular formula is C19H16N2. The van der Waals surface area contributed by atoms with Crippen LogP contribution in [0.2, 0.25) is 0 Å². The van der Waals surface area contributed by atoms with Crippen LogP contribution in [0.4, 0.5) is 0 Å². The predicted octanol–water partition coefficient (Wildman–Crippen LogP) is 4.12. The number of aromatic nitrogens is 1. The lowest BCUT2D eigenvalue weighted by molar-refractivity contribution is 0.471. The van der Waals surface area contributed by atoms with Gasteiger partial charge in [0.05, 0.1) is 11.5 Å². The number of nitriles is 1. The van der Waals surface area contributed by atoms with Gasteiger partial charge in [-0.3, -0.25) is 0 Å². The highest BCUT2D eigenvalue weighted by atomic mass is 14.7. The molecule has 3 aromatic rings. The van der Waals surface area contributed by atoms with Crippen LogP contribution in [-0.2, 0) is 18.3 Å². The maximum Gasteiger partial charge on any atom is 0.0867 e. The zero-order valence-electron chi connectivity index (χ0n) is 11.8. The van der Waals surface area contributed by atoms with Crippen molar-refractivity contribution in [2.75, 3.05) is 0 Å². The van der Waals surface area contributed by atoms with Gasteiger partial charge in [-0.2, -0.15) is 5.26 Å². The van der Waals surface area contributed by atoms with Gasteiger partial charge in [-0.05, 0) is 36.5 Å². The molecule has 1 atom stereocenters. The third-order valence-electron chi connectivity index (χ3n) is 4.72. The monoisotopic (exact) mass is 272 g/mol. The Balaban J connectivity index is 1.87. The summed E-state index contributed by atoms with van der Waals surface area (Å²) in [5.41, 5.74) is 4.56. The molecule has 0 saturated heterocycles. The van der Waals surface area contributed by atoms with Crippen LogP contribution in [0.25, 0.3) is 10.9 Å². The van der Waals surface area contributed by atoms with Gasteiger partial charge in [0.15, 0.2) is 0 Å². The van der Waals surface area contributed by atoms with Crippen molar-refractivity contribution < 1.29 is 0 Å². The molecular weight excluding hydrogens is 256 g/mol. The molecule has 0 radical (unpaired) electrons. The molecule has 0 saturated carbocycles. The van der Waals surface area contributed by atoms with Gasteiger partial charge in [-0.1, -0.05) is 48.5 Å². The number of aryl methyl sites for hydroxylation is 1. The van der Waals surface area contributed by atoms with Crippen LogP contribution in [0.3, 0.4) is 0 Å². The first-order valence-corrected chi connectivity index (χ1v) is 7.38. The average Bonchev–Trinajstić information content (AvgIpc) is 2.93. The fourth-order valence-corrected chi connectivity index (χ4v) is 3.56. The quantitative estimate of drug-likeness (QED) is 0.711. The Morgan fingerprint density at radius 2 is 1.76 bits per heavy atom. The Kier molecular flexibility index (Phi) is 2.62.